The van der Waals surface area contributed by atoms with E-state index in [1.165, 1.54) is 13.2 Å². The van der Waals surface area contributed by atoms with Gasteiger partial charge in [0.05, 0.1) is 7.11 Å². The van der Waals surface area contributed by atoms with E-state index in [1.807, 2.05) is 7.05 Å². The lowest BCUT2D eigenvalue weighted by molar-refractivity contribution is 0.384. The van der Waals surface area contributed by atoms with Crippen molar-refractivity contribution in [2.45, 2.75) is 6.42 Å². The minimum absolute atomic E-state index is 0.198. The smallest absolute Gasteiger partial charge is 0.168 e. The van der Waals surface area contributed by atoms with Gasteiger partial charge in [0.1, 0.15) is 0 Å². The highest BCUT2D eigenvalue weighted by atomic mass is 35.5. The van der Waals surface area contributed by atoms with E-state index in [9.17, 15) is 4.39 Å². The Morgan fingerprint density at radius 3 is 2.79 bits per heavy atom. The Bertz CT molecular complexity index is 317. The molecule has 0 aromatic heterocycles. The normalized spacial score (nSPS) is 10.3. The Hall–Kier alpha value is -0.800. The van der Waals surface area contributed by atoms with Gasteiger partial charge < -0.3 is 10.1 Å². The number of hydrogen-bond donors (Lipinski definition) is 1. The van der Waals surface area contributed by atoms with Crippen LogP contribution in [0.15, 0.2) is 12.1 Å². The zero-order valence-electron chi connectivity index (χ0n) is 8.23. The minimum atomic E-state index is -0.327. The summed E-state index contributed by atoms with van der Waals surface area (Å²) in [7, 11) is 3.25. The molecule has 0 aliphatic heterocycles. The zero-order chi connectivity index (χ0) is 10.6. The number of nitrogens with one attached hydrogen (secondary N) is 1. The second-order valence-electron chi connectivity index (χ2n) is 2.93. The molecule has 0 atom stereocenters. The van der Waals surface area contributed by atoms with E-state index in [0.29, 0.717) is 23.6 Å². The molecule has 0 heterocycles. The number of hydrogen-bond acceptors (Lipinski definition) is 2. The predicted molar refractivity (Wildman–Crippen MR) is 55.6 cm³/mol. The number of halogens is 2. The molecule has 4 heteroatoms. The zero-order valence-corrected chi connectivity index (χ0v) is 8.99. The molecule has 0 amide bonds. The van der Waals surface area contributed by atoms with Gasteiger partial charge in [-0.2, -0.15) is 0 Å². The Morgan fingerprint density at radius 1 is 1.50 bits per heavy atom. The molecule has 1 N–H and O–H groups in total. The van der Waals surface area contributed by atoms with Crippen molar-refractivity contribution in [1.29, 1.82) is 0 Å². The van der Waals surface area contributed by atoms with Crippen LogP contribution in [-0.2, 0) is 6.42 Å². The fourth-order valence-corrected chi connectivity index (χ4v) is 1.44. The average Bonchev–Trinajstić information content (AvgIpc) is 2.18. The van der Waals surface area contributed by atoms with Gasteiger partial charge in [0.2, 0.25) is 0 Å². The first-order chi connectivity index (χ1) is 6.69. The second kappa shape index (κ2) is 5.17. The molecule has 0 saturated carbocycles. The average molecular weight is 218 g/mol. The van der Waals surface area contributed by atoms with Crippen molar-refractivity contribution < 1.29 is 9.13 Å². The third kappa shape index (κ3) is 2.59. The van der Waals surface area contributed by atoms with Gasteiger partial charge in [-0.25, -0.2) is 4.39 Å². The maximum atomic E-state index is 13.6. The van der Waals surface area contributed by atoms with Crippen molar-refractivity contribution in [2.24, 2.45) is 0 Å². The van der Waals surface area contributed by atoms with Crippen LogP contribution in [0.3, 0.4) is 0 Å². The molecule has 0 saturated heterocycles. The van der Waals surface area contributed by atoms with E-state index in [2.05, 4.69) is 5.32 Å². The molecule has 0 aliphatic rings. The predicted octanol–water partition coefficient (Wildman–Crippen LogP) is 2.25. The molecule has 0 fully saturated rings. The lowest BCUT2D eigenvalue weighted by atomic mass is 10.1. The van der Waals surface area contributed by atoms with Crippen LogP contribution in [0.25, 0.3) is 0 Å². The van der Waals surface area contributed by atoms with Crippen LogP contribution in [0, 0.1) is 5.82 Å². The largest absolute Gasteiger partial charge is 0.494 e. The summed E-state index contributed by atoms with van der Waals surface area (Å²) < 4.78 is 18.4. The number of ether oxygens (including phenoxy) is 1. The highest BCUT2D eigenvalue weighted by Crippen LogP contribution is 2.25. The van der Waals surface area contributed by atoms with Crippen molar-refractivity contribution >= 4 is 11.6 Å². The molecule has 0 spiro atoms. The summed E-state index contributed by atoms with van der Waals surface area (Å²) in [6.45, 7) is 0.709. The number of benzene rings is 1. The minimum Gasteiger partial charge on any atom is -0.494 e. The summed E-state index contributed by atoms with van der Waals surface area (Å²) in [5, 5.41) is 3.44. The number of rotatable bonds is 4. The molecular weight excluding hydrogens is 205 g/mol. The lowest BCUT2D eigenvalue weighted by Crippen LogP contribution is -2.11. The van der Waals surface area contributed by atoms with Crippen LogP contribution in [0.4, 0.5) is 4.39 Å². The monoisotopic (exact) mass is 217 g/mol. The third-order valence-electron chi connectivity index (χ3n) is 1.94. The summed E-state index contributed by atoms with van der Waals surface area (Å²) in [4.78, 5) is 0. The first-order valence-electron chi connectivity index (χ1n) is 4.35. The molecule has 0 bridgehead atoms. The van der Waals surface area contributed by atoms with Gasteiger partial charge >= 0.3 is 0 Å². The van der Waals surface area contributed by atoms with E-state index in [4.69, 9.17) is 16.3 Å². The molecule has 0 unspecified atom stereocenters. The molecule has 2 nitrogen and oxygen atoms in total. The van der Waals surface area contributed by atoms with Crippen LogP contribution in [-0.4, -0.2) is 20.7 Å². The quantitative estimate of drug-likeness (QED) is 0.836. The molecule has 1 aromatic carbocycles. The van der Waals surface area contributed by atoms with Crippen LogP contribution in [0.2, 0.25) is 5.02 Å². The van der Waals surface area contributed by atoms with Crippen LogP contribution in [0.1, 0.15) is 5.56 Å². The van der Waals surface area contributed by atoms with Crippen molar-refractivity contribution in [3.63, 3.8) is 0 Å². The van der Waals surface area contributed by atoms with Gasteiger partial charge in [-0.05, 0) is 31.6 Å². The van der Waals surface area contributed by atoms with Gasteiger partial charge in [-0.1, -0.05) is 11.6 Å². The summed E-state index contributed by atoms with van der Waals surface area (Å²) in [6.07, 6.45) is 0.596. The number of likely N-dealkylation sites (N-methyl/N-ethyl adjacent to an activating group) is 1. The Kier molecular flexibility index (Phi) is 4.17. The van der Waals surface area contributed by atoms with Crippen molar-refractivity contribution in [3.05, 3.63) is 28.5 Å². The van der Waals surface area contributed by atoms with Crippen LogP contribution < -0.4 is 10.1 Å². The topological polar surface area (TPSA) is 21.3 Å². The van der Waals surface area contributed by atoms with Gasteiger partial charge in [-0.3, -0.25) is 0 Å². The molecule has 1 rings (SSSR count). The van der Waals surface area contributed by atoms with Gasteiger partial charge in [-0.15, -0.1) is 0 Å². The summed E-state index contributed by atoms with van der Waals surface area (Å²) >= 11 is 5.81. The maximum Gasteiger partial charge on any atom is 0.168 e. The SMILES string of the molecule is CNCCc1cc(Cl)cc(OC)c1F. The first-order valence-corrected chi connectivity index (χ1v) is 4.73. The lowest BCUT2D eigenvalue weighted by Gasteiger charge is -2.08. The fraction of sp³-hybridized carbons (Fsp3) is 0.400. The Labute approximate surface area is 88.0 Å². The van der Waals surface area contributed by atoms with E-state index in [-0.39, 0.29) is 11.6 Å². The standard InChI is InChI=1S/C10H13ClFNO/c1-13-4-3-7-5-8(11)6-9(14-2)10(7)12/h5-6,13H,3-4H2,1-2H3. The summed E-state index contributed by atoms with van der Waals surface area (Å²) in [5.74, 6) is -0.129. The second-order valence-corrected chi connectivity index (χ2v) is 3.37. The molecule has 78 valence electrons. The van der Waals surface area contributed by atoms with Crippen molar-refractivity contribution in [3.8, 4) is 5.75 Å². The van der Waals surface area contributed by atoms with Crippen LogP contribution in [0.5, 0.6) is 5.75 Å². The van der Waals surface area contributed by atoms with Crippen molar-refractivity contribution in [2.75, 3.05) is 20.7 Å². The maximum absolute atomic E-state index is 13.6. The van der Waals surface area contributed by atoms with E-state index in [0.717, 1.165) is 0 Å². The fourth-order valence-electron chi connectivity index (χ4n) is 1.21. The highest BCUT2D eigenvalue weighted by molar-refractivity contribution is 6.30. The highest BCUT2D eigenvalue weighted by Gasteiger charge is 2.09. The van der Waals surface area contributed by atoms with E-state index in [1.54, 1.807) is 6.07 Å². The first kappa shape index (κ1) is 11.3. The molecular formula is C10H13ClFNO. The molecule has 14 heavy (non-hydrogen) atoms. The third-order valence-corrected chi connectivity index (χ3v) is 2.16. The number of methoxy groups -OCH3 is 1. The van der Waals surface area contributed by atoms with Crippen LogP contribution >= 0.6 is 11.6 Å². The Balaban J connectivity index is 2.96. The van der Waals surface area contributed by atoms with Crippen molar-refractivity contribution in [1.82, 2.24) is 5.32 Å². The van der Waals surface area contributed by atoms with Gasteiger partial charge in [0.15, 0.2) is 11.6 Å². The van der Waals surface area contributed by atoms with Gasteiger partial charge in [0, 0.05) is 11.1 Å². The van der Waals surface area contributed by atoms with E-state index < -0.39 is 0 Å². The summed E-state index contributed by atoms with van der Waals surface area (Å²) in [6, 6.07) is 3.09. The molecule has 0 aliphatic carbocycles. The molecule has 1 aromatic rings. The Morgan fingerprint density at radius 2 is 2.21 bits per heavy atom. The summed E-state index contributed by atoms with van der Waals surface area (Å²) in [5.41, 5.74) is 0.573. The van der Waals surface area contributed by atoms with Gasteiger partial charge in [0.25, 0.3) is 0 Å². The van der Waals surface area contributed by atoms with E-state index >= 15 is 0 Å². The molecule has 0 radical (unpaired) electrons.